The van der Waals surface area contributed by atoms with E-state index in [2.05, 4.69) is 9.97 Å². The highest BCUT2D eigenvalue weighted by atomic mass is 19.4. The van der Waals surface area contributed by atoms with E-state index in [1.165, 1.54) is 0 Å². The maximum Gasteiger partial charge on any atom is 0.433 e. The summed E-state index contributed by atoms with van der Waals surface area (Å²) in [5.74, 6) is -0.0391. The first-order valence-electron chi connectivity index (χ1n) is 6.40. The van der Waals surface area contributed by atoms with Crippen molar-refractivity contribution in [1.29, 1.82) is 0 Å². The molecule has 0 atom stereocenters. The second-order valence-electron chi connectivity index (χ2n) is 4.75. The van der Waals surface area contributed by atoms with Gasteiger partial charge in [0.2, 0.25) is 5.95 Å². The summed E-state index contributed by atoms with van der Waals surface area (Å²) in [5, 5.41) is 0. The van der Waals surface area contributed by atoms with Crippen molar-refractivity contribution in [2.75, 3.05) is 17.2 Å². The third-order valence-electron chi connectivity index (χ3n) is 3.05. The molecular formula is C12H17F3N4. The van der Waals surface area contributed by atoms with E-state index in [1.807, 2.05) is 11.8 Å². The van der Waals surface area contributed by atoms with Gasteiger partial charge in [0.15, 0.2) is 5.69 Å². The Balaban J connectivity index is 2.28. The molecule has 0 spiro atoms. The molecular weight excluding hydrogens is 257 g/mol. The lowest BCUT2D eigenvalue weighted by molar-refractivity contribution is -0.141. The number of nitrogens with two attached hydrogens (primary N) is 1. The van der Waals surface area contributed by atoms with Crippen LogP contribution in [0.25, 0.3) is 0 Å². The Morgan fingerprint density at radius 3 is 2.58 bits per heavy atom. The van der Waals surface area contributed by atoms with Gasteiger partial charge in [-0.25, -0.2) is 4.98 Å². The lowest BCUT2D eigenvalue weighted by atomic mass is 10.3. The number of unbranched alkanes of at least 4 members (excludes halogenated alkanes) is 1. The van der Waals surface area contributed by atoms with Crippen LogP contribution in [0.2, 0.25) is 0 Å². The van der Waals surface area contributed by atoms with Gasteiger partial charge in [-0.1, -0.05) is 13.3 Å². The summed E-state index contributed by atoms with van der Waals surface area (Å²) in [6.45, 7) is 2.75. The summed E-state index contributed by atoms with van der Waals surface area (Å²) < 4.78 is 38.1. The molecule has 0 saturated heterocycles. The third kappa shape index (κ3) is 3.48. The third-order valence-corrected chi connectivity index (χ3v) is 3.05. The number of hydrogen-bond acceptors (Lipinski definition) is 4. The topological polar surface area (TPSA) is 55.0 Å². The molecule has 0 aromatic carbocycles. The fourth-order valence-corrected chi connectivity index (χ4v) is 1.94. The van der Waals surface area contributed by atoms with Gasteiger partial charge >= 0.3 is 6.18 Å². The molecule has 1 heterocycles. The first-order chi connectivity index (χ1) is 8.91. The average Bonchev–Trinajstić information content (AvgIpc) is 3.12. The van der Waals surface area contributed by atoms with E-state index in [0.717, 1.165) is 31.7 Å². The van der Waals surface area contributed by atoms with Crippen LogP contribution >= 0.6 is 0 Å². The highest BCUT2D eigenvalue weighted by Gasteiger charge is 2.36. The monoisotopic (exact) mass is 274 g/mol. The number of halogens is 3. The maximum absolute atomic E-state index is 12.7. The Kier molecular flexibility index (Phi) is 3.82. The fourth-order valence-electron chi connectivity index (χ4n) is 1.94. The van der Waals surface area contributed by atoms with Crippen LogP contribution in [0, 0.1) is 0 Å². The molecule has 1 aromatic heterocycles. The molecule has 106 valence electrons. The van der Waals surface area contributed by atoms with E-state index in [9.17, 15) is 13.2 Å². The van der Waals surface area contributed by atoms with Crippen LogP contribution in [0.3, 0.4) is 0 Å². The average molecular weight is 274 g/mol. The predicted octanol–water partition coefficient (Wildman–Crippen LogP) is 2.85. The summed E-state index contributed by atoms with van der Waals surface area (Å²) in [4.78, 5) is 9.13. The highest BCUT2D eigenvalue weighted by molar-refractivity contribution is 5.46. The molecule has 0 aliphatic heterocycles. The number of nitrogen functional groups attached to an aromatic ring is 1. The van der Waals surface area contributed by atoms with Crippen molar-refractivity contribution in [3.8, 4) is 0 Å². The van der Waals surface area contributed by atoms with Crippen molar-refractivity contribution in [3.63, 3.8) is 0 Å². The van der Waals surface area contributed by atoms with Gasteiger partial charge in [-0.05, 0) is 19.3 Å². The number of anilines is 2. The van der Waals surface area contributed by atoms with Crippen molar-refractivity contribution in [1.82, 2.24) is 9.97 Å². The van der Waals surface area contributed by atoms with Gasteiger partial charge in [-0.15, -0.1) is 0 Å². The molecule has 1 aliphatic rings. The standard InChI is InChI=1S/C12H17F3N4/c1-2-3-6-19(8-4-5-8)10-7-9(12(13,14)15)17-11(16)18-10/h7-8H,2-6H2,1H3,(H2,16,17,18). The minimum Gasteiger partial charge on any atom is -0.368 e. The number of aromatic nitrogens is 2. The molecule has 19 heavy (non-hydrogen) atoms. The molecule has 0 bridgehead atoms. The highest BCUT2D eigenvalue weighted by Crippen LogP contribution is 2.34. The van der Waals surface area contributed by atoms with E-state index in [4.69, 9.17) is 5.73 Å². The Morgan fingerprint density at radius 1 is 1.37 bits per heavy atom. The molecule has 2 N–H and O–H groups in total. The molecule has 4 nitrogen and oxygen atoms in total. The van der Waals surface area contributed by atoms with E-state index < -0.39 is 11.9 Å². The zero-order valence-electron chi connectivity index (χ0n) is 10.7. The minimum absolute atomic E-state index is 0.288. The zero-order chi connectivity index (χ0) is 14.0. The molecule has 1 saturated carbocycles. The summed E-state index contributed by atoms with van der Waals surface area (Å²) in [7, 11) is 0. The minimum atomic E-state index is -4.49. The molecule has 0 amide bonds. The summed E-state index contributed by atoms with van der Waals surface area (Å²) in [5.41, 5.74) is 4.42. The second-order valence-corrected chi connectivity index (χ2v) is 4.75. The molecule has 7 heteroatoms. The lowest BCUT2D eigenvalue weighted by Gasteiger charge is -2.24. The van der Waals surface area contributed by atoms with E-state index in [0.29, 0.717) is 12.6 Å². The second kappa shape index (κ2) is 5.22. The fraction of sp³-hybridized carbons (Fsp3) is 0.667. The molecule has 1 aromatic rings. The van der Waals surface area contributed by atoms with Crippen LogP contribution in [0.1, 0.15) is 38.3 Å². The molecule has 2 rings (SSSR count). The van der Waals surface area contributed by atoms with E-state index in [1.54, 1.807) is 0 Å². The predicted molar refractivity (Wildman–Crippen MR) is 66.7 cm³/mol. The molecule has 1 aliphatic carbocycles. The van der Waals surface area contributed by atoms with E-state index >= 15 is 0 Å². The summed E-state index contributed by atoms with van der Waals surface area (Å²) in [6, 6.07) is 1.28. The first-order valence-corrected chi connectivity index (χ1v) is 6.40. The van der Waals surface area contributed by atoms with Gasteiger partial charge in [0.25, 0.3) is 0 Å². The first kappa shape index (κ1) is 13.9. The van der Waals surface area contributed by atoms with Crippen molar-refractivity contribution in [2.24, 2.45) is 0 Å². The Hall–Kier alpha value is -1.53. The molecule has 0 unspecified atom stereocenters. The Morgan fingerprint density at radius 2 is 2.05 bits per heavy atom. The maximum atomic E-state index is 12.7. The summed E-state index contributed by atoms with van der Waals surface area (Å²) >= 11 is 0. The van der Waals surface area contributed by atoms with Crippen LogP contribution < -0.4 is 10.6 Å². The van der Waals surface area contributed by atoms with E-state index in [-0.39, 0.29) is 11.8 Å². The molecule has 1 fully saturated rings. The van der Waals surface area contributed by atoms with Crippen molar-refractivity contribution in [2.45, 2.75) is 44.8 Å². The smallest absolute Gasteiger partial charge is 0.368 e. The number of rotatable bonds is 5. The molecule has 0 radical (unpaired) electrons. The van der Waals surface area contributed by atoms with Crippen molar-refractivity contribution >= 4 is 11.8 Å². The van der Waals surface area contributed by atoms with Gasteiger partial charge in [0, 0.05) is 18.7 Å². The van der Waals surface area contributed by atoms with Crippen LogP contribution in [0.5, 0.6) is 0 Å². The van der Waals surface area contributed by atoms with Gasteiger partial charge < -0.3 is 10.6 Å². The SMILES string of the molecule is CCCCN(c1cc(C(F)(F)F)nc(N)n1)C1CC1. The van der Waals surface area contributed by atoms with Crippen molar-refractivity contribution < 1.29 is 13.2 Å². The summed E-state index contributed by atoms with van der Waals surface area (Å²) in [6.07, 6.45) is -0.604. The van der Waals surface area contributed by atoms with Crippen LogP contribution in [0.15, 0.2) is 6.07 Å². The van der Waals surface area contributed by atoms with Gasteiger partial charge in [0.1, 0.15) is 5.82 Å². The van der Waals surface area contributed by atoms with Crippen LogP contribution in [-0.2, 0) is 6.18 Å². The van der Waals surface area contributed by atoms with Crippen LogP contribution in [-0.4, -0.2) is 22.6 Å². The van der Waals surface area contributed by atoms with Crippen molar-refractivity contribution in [3.05, 3.63) is 11.8 Å². The Labute approximate surface area is 109 Å². The lowest BCUT2D eigenvalue weighted by Crippen LogP contribution is -2.28. The Bertz CT molecular complexity index is 443. The largest absolute Gasteiger partial charge is 0.433 e. The number of hydrogen-bond donors (Lipinski definition) is 1. The number of alkyl halides is 3. The zero-order valence-corrected chi connectivity index (χ0v) is 10.7. The quantitative estimate of drug-likeness (QED) is 0.897. The number of nitrogens with zero attached hydrogens (tertiary/aromatic N) is 3. The van der Waals surface area contributed by atoms with Gasteiger partial charge in [-0.3, -0.25) is 0 Å². The normalized spacial score (nSPS) is 15.6. The van der Waals surface area contributed by atoms with Gasteiger partial charge in [0.05, 0.1) is 0 Å². The van der Waals surface area contributed by atoms with Gasteiger partial charge in [-0.2, -0.15) is 18.2 Å². The van der Waals surface area contributed by atoms with Crippen LogP contribution in [0.4, 0.5) is 24.9 Å².